The molecular formula is C21H22ClN3O2. The SMILES string of the molecule is CC(=O)C(C)(C)OCc1cc(-c2ccc(Cl)cc2)n(Cc2ccncc2)n1. The maximum atomic E-state index is 11.7. The van der Waals surface area contributed by atoms with Crippen molar-refractivity contribution in [2.45, 2.75) is 39.5 Å². The van der Waals surface area contributed by atoms with Crippen LogP contribution < -0.4 is 0 Å². The second kappa shape index (κ2) is 8.03. The van der Waals surface area contributed by atoms with Crippen LogP contribution in [0.5, 0.6) is 0 Å². The van der Waals surface area contributed by atoms with Gasteiger partial charge in [0.2, 0.25) is 0 Å². The number of benzene rings is 1. The third-order valence-electron chi connectivity index (χ3n) is 4.48. The van der Waals surface area contributed by atoms with E-state index >= 15 is 0 Å². The zero-order valence-electron chi connectivity index (χ0n) is 15.6. The Balaban J connectivity index is 1.91. The summed E-state index contributed by atoms with van der Waals surface area (Å²) in [6.45, 7) is 5.93. The minimum absolute atomic E-state index is 0.0170. The predicted molar refractivity (Wildman–Crippen MR) is 106 cm³/mol. The van der Waals surface area contributed by atoms with Crippen LogP contribution in [0.4, 0.5) is 0 Å². The van der Waals surface area contributed by atoms with Crippen LogP contribution in [0.15, 0.2) is 54.9 Å². The van der Waals surface area contributed by atoms with Crippen LogP contribution in [0.2, 0.25) is 5.02 Å². The van der Waals surface area contributed by atoms with Gasteiger partial charge in [-0.1, -0.05) is 23.7 Å². The first-order valence-corrected chi connectivity index (χ1v) is 9.09. The molecule has 0 amide bonds. The molecule has 0 aliphatic heterocycles. The lowest BCUT2D eigenvalue weighted by atomic mass is 10.1. The van der Waals surface area contributed by atoms with Crippen LogP contribution in [0.1, 0.15) is 32.0 Å². The van der Waals surface area contributed by atoms with E-state index in [1.54, 1.807) is 26.2 Å². The fraction of sp³-hybridized carbons (Fsp3) is 0.286. The molecule has 1 aromatic carbocycles. The van der Waals surface area contributed by atoms with Crippen LogP contribution in [-0.2, 0) is 22.7 Å². The Kier molecular flexibility index (Phi) is 5.73. The third kappa shape index (κ3) is 4.81. The molecule has 0 bridgehead atoms. The summed E-state index contributed by atoms with van der Waals surface area (Å²) in [4.78, 5) is 15.7. The zero-order chi connectivity index (χ0) is 19.4. The molecule has 0 unspecified atom stereocenters. The molecule has 27 heavy (non-hydrogen) atoms. The smallest absolute Gasteiger partial charge is 0.161 e. The lowest BCUT2D eigenvalue weighted by Crippen LogP contribution is -2.32. The van der Waals surface area contributed by atoms with Crippen LogP contribution in [0.3, 0.4) is 0 Å². The quantitative estimate of drug-likeness (QED) is 0.601. The van der Waals surface area contributed by atoms with Gasteiger partial charge in [-0.05, 0) is 62.2 Å². The number of ketones is 1. The van der Waals surface area contributed by atoms with Crippen LogP contribution in [0.25, 0.3) is 11.3 Å². The Bertz CT molecular complexity index is 918. The molecular weight excluding hydrogens is 362 g/mol. The van der Waals surface area contributed by atoms with Crippen molar-refractivity contribution < 1.29 is 9.53 Å². The Labute approximate surface area is 164 Å². The van der Waals surface area contributed by atoms with Gasteiger partial charge in [0.25, 0.3) is 0 Å². The molecule has 3 aromatic rings. The maximum absolute atomic E-state index is 11.7. The third-order valence-corrected chi connectivity index (χ3v) is 4.73. The summed E-state index contributed by atoms with van der Waals surface area (Å²) in [5, 5.41) is 5.38. The summed E-state index contributed by atoms with van der Waals surface area (Å²) in [7, 11) is 0. The lowest BCUT2D eigenvalue weighted by molar-refractivity contribution is -0.139. The minimum Gasteiger partial charge on any atom is -0.361 e. The second-order valence-corrected chi connectivity index (χ2v) is 7.33. The number of hydrogen-bond acceptors (Lipinski definition) is 4. The van der Waals surface area contributed by atoms with Gasteiger partial charge in [-0.25, -0.2) is 0 Å². The van der Waals surface area contributed by atoms with E-state index in [9.17, 15) is 4.79 Å². The topological polar surface area (TPSA) is 57.0 Å². The summed E-state index contributed by atoms with van der Waals surface area (Å²) < 4.78 is 7.72. The fourth-order valence-electron chi connectivity index (χ4n) is 2.53. The molecule has 0 saturated heterocycles. The Morgan fingerprint density at radius 2 is 1.81 bits per heavy atom. The van der Waals surface area contributed by atoms with Gasteiger partial charge >= 0.3 is 0 Å². The van der Waals surface area contributed by atoms with Gasteiger partial charge in [0.1, 0.15) is 5.60 Å². The molecule has 0 spiro atoms. The molecule has 0 fully saturated rings. The zero-order valence-corrected chi connectivity index (χ0v) is 16.4. The Morgan fingerprint density at radius 1 is 1.15 bits per heavy atom. The highest BCUT2D eigenvalue weighted by atomic mass is 35.5. The van der Waals surface area contributed by atoms with Crippen molar-refractivity contribution in [3.63, 3.8) is 0 Å². The molecule has 5 nitrogen and oxygen atoms in total. The number of ether oxygens (including phenoxy) is 1. The first-order valence-electron chi connectivity index (χ1n) is 8.72. The first kappa shape index (κ1) is 19.3. The highest BCUT2D eigenvalue weighted by molar-refractivity contribution is 6.30. The molecule has 0 radical (unpaired) electrons. The van der Waals surface area contributed by atoms with Crippen LogP contribution >= 0.6 is 11.6 Å². The standard InChI is InChI=1S/C21H22ClN3O2/c1-15(26)21(2,3)27-14-19-12-20(17-4-6-18(22)7-5-17)25(24-19)13-16-8-10-23-11-9-16/h4-12H,13-14H2,1-3H3. The van der Waals surface area contributed by atoms with Crippen molar-refractivity contribution in [1.29, 1.82) is 0 Å². The molecule has 0 saturated carbocycles. The van der Waals surface area contributed by atoms with Crippen molar-refractivity contribution in [3.05, 3.63) is 71.1 Å². The molecule has 0 aliphatic rings. The summed E-state index contributed by atoms with van der Waals surface area (Å²) in [5.41, 5.74) is 3.00. The highest BCUT2D eigenvalue weighted by Crippen LogP contribution is 2.24. The summed E-state index contributed by atoms with van der Waals surface area (Å²) in [5.74, 6) is -0.0170. The van der Waals surface area contributed by atoms with E-state index in [4.69, 9.17) is 21.4 Å². The van der Waals surface area contributed by atoms with Crippen molar-refractivity contribution in [2.75, 3.05) is 0 Å². The minimum atomic E-state index is -0.838. The number of nitrogens with zero attached hydrogens (tertiary/aromatic N) is 3. The van der Waals surface area contributed by atoms with Crippen molar-refractivity contribution in [3.8, 4) is 11.3 Å². The number of hydrogen-bond donors (Lipinski definition) is 0. The number of halogens is 1. The van der Waals surface area contributed by atoms with E-state index in [2.05, 4.69) is 4.98 Å². The van der Waals surface area contributed by atoms with E-state index in [-0.39, 0.29) is 12.4 Å². The molecule has 0 N–H and O–H groups in total. The highest BCUT2D eigenvalue weighted by Gasteiger charge is 2.25. The van der Waals surface area contributed by atoms with Crippen molar-refractivity contribution in [1.82, 2.24) is 14.8 Å². The van der Waals surface area contributed by atoms with Crippen LogP contribution in [-0.4, -0.2) is 26.1 Å². The van der Waals surface area contributed by atoms with Gasteiger partial charge in [0.05, 0.1) is 24.5 Å². The monoisotopic (exact) mass is 383 g/mol. The average molecular weight is 384 g/mol. The van der Waals surface area contributed by atoms with E-state index in [0.29, 0.717) is 11.6 Å². The van der Waals surface area contributed by atoms with Gasteiger partial charge in [-0.2, -0.15) is 5.10 Å². The number of carbonyl (C=O) groups excluding carboxylic acids is 1. The van der Waals surface area contributed by atoms with E-state index in [0.717, 1.165) is 22.5 Å². The number of Topliss-reactive ketones (excluding diaryl/α,β-unsaturated/α-hetero) is 1. The predicted octanol–water partition coefficient (Wildman–Crippen LogP) is 4.53. The van der Waals surface area contributed by atoms with Gasteiger partial charge < -0.3 is 4.74 Å². The van der Waals surface area contributed by atoms with Crippen molar-refractivity contribution >= 4 is 17.4 Å². The Morgan fingerprint density at radius 3 is 2.44 bits per heavy atom. The number of rotatable bonds is 7. The molecule has 140 valence electrons. The largest absolute Gasteiger partial charge is 0.361 e. The summed E-state index contributed by atoms with van der Waals surface area (Å²) in [6, 6.07) is 13.6. The second-order valence-electron chi connectivity index (χ2n) is 6.90. The first-order chi connectivity index (χ1) is 12.8. The van der Waals surface area contributed by atoms with Gasteiger partial charge in [0.15, 0.2) is 5.78 Å². The summed E-state index contributed by atoms with van der Waals surface area (Å²) in [6.07, 6.45) is 3.53. The molecule has 0 aliphatic carbocycles. The number of pyridine rings is 1. The van der Waals surface area contributed by atoms with Crippen LogP contribution in [0, 0.1) is 0 Å². The number of carbonyl (C=O) groups is 1. The Hall–Kier alpha value is -2.50. The molecule has 2 aromatic heterocycles. The van der Waals surface area contributed by atoms with Gasteiger partial charge in [-0.15, -0.1) is 0 Å². The molecule has 0 atom stereocenters. The summed E-state index contributed by atoms with van der Waals surface area (Å²) >= 11 is 6.02. The van der Waals surface area contributed by atoms with E-state index in [1.807, 2.05) is 47.1 Å². The molecule has 6 heteroatoms. The molecule has 2 heterocycles. The van der Waals surface area contributed by atoms with E-state index < -0.39 is 5.60 Å². The van der Waals surface area contributed by atoms with Gasteiger partial charge in [0, 0.05) is 17.4 Å². The van der Waals surface area contributed by atoms with Crippen molar-refractivity contribution in [2.24, 2.45) is 0 Å². The maximum Gasteiger partial charge on any atom is 0.161 e. The number of aromatic nitrogens is 3. The fourth-order valence-corrected chi connectivity index (χ4v) is 2.66. The molecule has 3 rings (SSSR count). The lowest BCUT2D eigenvalue weighted by Gasteiger charge is -2.21. The van der Waals surface area contributed by atoms with E-state index in [1.165, 1.54) is 6.92 Å². The average Bonchev–Trinajstić information content (AvgIpc) is 3.04. The normalized spacial score (nSPS) is 11.6. The van der Waals surface area contributed by atoms with Gasteiger partial charge in [-0.3, -0.25) is 14.5 Å².